The summed E-state index contributed by atoms with van der Waals surface area (Å²) in [5, 5.41) is 22.3. The molecule has 17 heavy (non-hydrogen) atoms. The monoisotopic (exact) mass is 244 g/mol. The number of carbonyl (C=O) groups excluding carboxylic acids is 1. The Morgan fingerprint density at radius 1 is 1.53 bits per heavy atom. The third-order valence-corrected chi connectivity index (χ3v) is 3.41. The van der Waals surface area contributed by atoms with Crippen LogP contribution in [0.2, 0.25) is 0 Å². The molecule has 0 bridgehead atoms. The summed E-state index contributed by atoms with van der Waals surface area (Å²) in [4.78, 5) is 22.0. The smallest absolute Gasteiger partial charge is 0.249 e. The van der Waals surface area contributed by atoms with Gasteiger partial charge in [-0.25, -0.2) is 0 Å². The van der Waals surface area contributed by atoms with Crippen LogP contribution in [0.15, 0.2) is 0 Å². The van der Waals surface area contributed by atoms with E-state index in [2.05, 4.69) is 5.32 Å². The number of hydrogen-bond donors (Lipinski definition) is 2. The van der Waals surface area contributed by atoms with Crippen molar-refractivity contribution in [1.82, 2.24) is 5.32 Å². The molecule has 7 heteroatoms. The summed E-state index contributed by atoms with van der Waals surface area (Å²) in [7, 11) is 0. The Morgan fingerprint density at radius 2 is 2.29 bits per heavy atom. The summed E-state index contributed by atoms with van der Waals surface area (Å²) in [6.07, 6.45) is 0.647. The molecule has 4 unspecified atom stereocenters. The van der Waals surface area contributed by atoms with Crippen LogP contribution in [0.3, 0.4) is 0 Å². The Balaban J connectivity index is 1.99. The zero-order valence-electron chi connectivity index (χ0n) is 9.37. The maximum Gasteiger partial charge on any atom is 0.249 e. The highest BCUT2D eigenvalue weighted by molar-refractivity contribution is 5.81. The molecule has 0 aromatic rings. The van der Waals surface area contributed by atoms with Gasteiger partial charge in [-0.15, -0.1) is 0 Å². The number of carbonyl (C=O) groups is 1. The van der Waals surface area contributed by atoms with Gasteiger partial charge in [0.25, 0.3) is 0 Å². The number of amides is 1. The molecule has 1 aliphatic heterocycles. The van der Waals surface area contributed by atoms with Crippen molar-refractivity contribution in [3.05, 3.63) is 10.1 Å². The summed E-state index contributed by atoms with van der Waals surface area (Å²) in [6, 6.07) is -0.699. The second-order valence-electron chi connectivity index (χ2n) is 4.54. The van der Waals surface area contributed by atoms with Gasteiger partial charge < -0.3 is 15.2 Å². The number of nitrogens with one attached hydrogen (secondary N) is 1. The van der Waals surface area contributed by atoms with E-state index in [4.69, 9.17) is 9.84 Å². The number of nitrogens with zero attached hydrogens (tertiary/aromatic N) is 1. The Labute approximate surface area is 98.3 Å². The van der Waals surface area contributed by atoms with Crippen molar-refractivity contribution in [2.45, 2.75) is 50.0 Å². The fourth-order valence-corrected chi connectivity index (χ4v) is 2.48. The van der Waals surface area contributed by atoms with Gasteiger partial charge in [-0.2, -0.15) is 0 Å². The minimum absolute atomic E-state index is 0.117. The van der Waals surface area contributed by atoms with Gasteiger partial charge in [-0.05, 0) is 6.42 Å². The number of rotatable bonds is 3. The average molecular weight is 244 g/mol. The summed E-state index contributed by atoms with van der Waals surface area (Å²) in [5.41, 5.74) is 0. The van der Waals surface area contributed by atoms with Crippen LogP contribution in [-0.2, 0) is 9.53 Å². The predicted molar refractivity (Wildman–Crippen MR) is 56.9 cm³/mol. The third-order valence-electron chi connectivity index (χ3n) is 3.41. The average Bonchev–Trinajstić information content (AvgIpc) is 2.29. The van der Waals surface area contributed by atoms with Crippen molar-refractivity contribution in [1.29, 1.82) is 0 Å². The van der Waals surface area contributed by atoms with E-state index < -0.39 is 12.1 Å². The summed E-state index contributed by atoms with van der Waals surface area (Å²) >= 11 is 0. The quantitative estimate of drug-likeness (QED) is 0.512. The standard InChI is InChI=1S/C10H16N2O5/c13-4-3-8-10(14)11-7-2-1-6(12(15)16)5-9(7)17-8/h6-9,13H,1-5H2,(H,11,14). The Hall–Kier alpha value is -1.21. The normalized spacial score (nSPS) is 37.1. The minimum Gasteiger partial charge on any atom is -0.396 e. The lowest BCUT2D eigenvalue weighted by molar-refractivity contribution is -0.529. The molecule has 4 atom stereocenters. The molecule has 96 valence electrons. The van der Waals surface area contributed by atoms with Gasteiger partial charge in [0.05, 0.1) is 12.1 Å². The van der Waals surface area contributed by atoms with Crippen LogP contribution in [-0.4, -0.2) is 46.8 Å². The molecule has 2 rings (SSSR count). The molecule has 0 radical (unpaired) electrons. The maximum absolute atomic E-state index is 11.6. The molecular formula is C10H16N2O5. The molecule has 0 aromatic heterocycles. The van der Waals surface area contributed by atoms with E-state index in [1.165, 1.54) is 0 Å². The minimum atomic E-state index is -0.674. The summed E-state index contributed by atoms with van der Waals surface area (Å²) < 4.78 is 5.55. The number of aliphatic hydroxyl groups is 1. The van der Waals surface area contributed by atoms with Gasteiger partial charge in [0.15, 0.2) is 0 Å². The fraction of sp³-hybridized carbons (Fsp3) is 0.900. The topological polar surface area (TPSA) is 102 Å². The Kier molecular flexibility index (Phi) is 3.58. The van der Waals surface area contributed by atoms with Crippen molar-refractivity contribution in [3.8, 4) is 0 Å². The number of nitro groups is 1. The first-order valence-electron chi connectivity index (χ1n) is 5.82. The molecule has 1 heterocycles. The zero-order chi connectivity index (χ0) is 12.4. The highest BCUT2D eigenvalue weighted by atomic mass is 16.6. The predicted octanol–water partition coefficient (Wildman–Crippen LogP) is -0.550. The van der Waals surface area contributed by atoms with Gasteiger partial charge in [0, 0.05) is 30.8 Å². The first-order chi connectivity index (χ1) is 8.11. The molecule has 7 nitrogen and oxygen atoms in total. The highest BCUT2D eigenvalue weighted by Crippen LogP contribution is 2.28. The zero-order valence-corrected chi connectivity index (χ0v) is 9.37. The molecule has 2 aliphatic rings. The summed E-state index contributed by atoms with van der Waals surface area (Å²) in [6.45, 7) is -0.131. The van der Waals surface area contributed by atoms with Crippen LogP contribution >= 0.6 is 0 Å². The maximum atomic E-state index is 11.6. The Morgan fingerprint density at radius 3 is 2.94 bits per heavy atom. The van der Waals surface area contributed by atoms with Gasteiger partial charge >= 0.3 is 0 Å². The van der Waals surface area contributed by atoms with Crippen molar-refractivity contribution < 1.29 is 19.6 Å². The second-order valence-corrected chi connectivity index (χ2v) is 4.54. The van der Waals surface area contributed by atoms with Gasteiger partial charge in [0.1, 0.15) is 6.10 Å². The molecule has 1 saturated heterocycles. The number of aliphatic hydroxyl groups excluding tert-OH is 1. The van der Waals surface area contributed by atoms with Gasteiger partial charge in [-0.1, -0.05) is 0 Å². The first kappa shape index (κ1) is 12.3. The van der Waals surface area contributed by atoms with E-state index in [0.29, 0.717) is 19.3 Å². The van der Waals surface area contributed by atoms with Crippen LogP contribution < -0.4 is 5.32 Å². The van der Waals surface area contributed by atoms with Crippen LogP contribution in [0, 0.1) is 10.1 Å². The molecule has 1 amide bonds. The first-order valence-corrected chi connectivity index (χ1v) is 5.82. The van der Waals surface area contributed by atoms with E-state index in [1.807, 2.05) is 0 Å². The molecule has 1 aliphatic carbocycles. The molecular weight excluding hydrogens is 228 g/mol. The number of ether oxygens (including phenoxy) is 1. The molecule has 1 saturated carbocycles. The molecule has 0 aromatic carbocycles. The number of fused-ring (bicyclic) bond motifs is 1. The largest absolute Gasteiger partial charge is 0.396 e. The lowest BCUT2D eigenvalue weighted by atomic mass is 9.87. The lowest BCUT2D eigenvalue weighted by Gasteiger charge is -2.39. The van der Waals surface area contributed by atoms with Crippen molar-refractivity contribution >= 4 is 5.91 Å². The second kappa shape index (κ2) is 4.97. The third kappa shape index (κ3) is 2.55. The van der Waals surface area contributed by atoms with E-state index in [1.54, 1.807) is 0 Å². The highest BCUT2D eigenvalue weighted by Gasteiger charge is 2.43. The van der Waals surface area contributed by atoms with Crippen molar-refractivity contribution in [2.24, 2.45) is 0 Å². The Bertz CT molecular complexity index is 322. The number of morpholine rings is 1. The van der Waals surface area contributed by atoms with E-state index in [0.717, 1.165) is 0 Å². The van der Waals surface area contributed by atoms with Crippen LogP contribution in [0.1, 0.15) is 25.7 Å². The van der Waals surface area contributed by atoms with Crippen LogP contribution in [0.25, 0.3) is 0 Å². The lowest BCUT2D eigenvalue weighted by Crippen LogP contribution is -2.59. The molecule has 2 fully saturated rings. The fourth-order valence-electron chi connectivity index (χ4n) is 2.48. The van der Waals surface area contributed by atoms with E-state index >= 15 is 0 Å². The van der Waals surface area contributed by atoms with Crippen LogP contribution in [0.5, 0.6) is 0 Å². The van der Waals surface area contributed by atoms with Gasteiger partial charge in [0.2, 0.25) is 11.9 Å². The SMILES string of the molecule is O=C1NC2CCC([N+](=O)[O-])CC2OC1CCO. The van der Waals surface area contributed by atoms with E-state index in [9.17, 15) is 14.9 Å². The molecule has 2 N–H and O–H groups in total. The number of hydrogen-bond acceptors (Lipinski definition) is 5. The van der Waals surface area contributed by atoms with Crippen molar-refractivity contribution in [2.75, 3.05) is 6.61 Å². The van der Waals surface area contributed by atoms with Crippen molar-refractivity contribution in [3.63, 3.8) is 0 Å². The van der Waals surface area contributed by atoms with E-state index in [-0.39, 0.29) is 36.0 Å². The van der Waals surface area contributed by atoms with Gasteiger partial charge in [-0.3, -0.25) is 14.9 Å². The summed E-state index contributed by atoms with van der Waals surface area (Å²) in [5.74, 6) is -0.222. The van der Waals surface area contributed by atoms with Crippen LogP contribution in [0.4, 0.5) is 0 Å². The molecule has 0 spiro atoms.